The molecule has 0 radical (unpaired) electrons. The minimum atomic E-state index is -3.27. The number of thiazole rings is 1. The monoisotopic (exact) mass is 339 g/mol. The van der Waals surface area contributed by atoms with Crippen LogP contribution >= 0.6 is 11.3 Å². The normalized spacial score (nSPS) is 11.4. The number of aromatic nitrogens is 1. The minimum absolute atomic E-state index is 0.129. The first kappa shape index (κ1) is 16.8. The van der Waals surface area contributed by atoms with Crippen LogP contribution in [0.4, 0.5) is 11.4 Å². The Labute approximate surface area is 135 Å². The number of benzene rings is 1. The van der Waals surface area contributed by atoms with Crippen molar-refractivity contribution in [1.82, 2.24) is 4.98 Å². The maximum absolute atomic E-state index is 11.9. The molecule has 2 aromatic rings. The lowest BCUT2D eigenvalue weighted by Gasteiger charge is -2.14. The second kappa shape index (κ2) is 7.11. The van der Waals surface area contributed by atoms with E-state index < -0.39 is 10.0 Å². The van der Waals surface area contributed by atoms with Crippen LogP contribution in [0.1, 0.15) is 28.8 Å². The second-order valence-electron chi connectivity index (χ2n) is 5.10. The first-order valence-electron chi connectivity index (χ1n) is 7.16. The largest absolute Gasteiger partial charge is 0.380 e. The summed E-state index contributed by atoms with van der Waals surface area (Å²) in [6.45, 7) is 6.41. The number of hydrogen-bond donors (Lipinski definition) is 2. The van der Waals surface area contributed by atoms with E-state index in [9.17, 15) is 8.42 Å². The summed E-state index contributed by atoms with van der Waals surface area (Å²) in [5, 5.41) is 4.37. The van der Waals surface area contributed by atoms with Crippen molar-refractivity contribution in [1.29, 1.82) is 0 Å². The summed E-state index contributed by atoms with van der Waals surface area (Å²) in [5.74, 6) is 0.129. The Bertz CT molecular complexity index is 739. The van der Waals surface area contributed by atoms with Gasteiger partial charge in [0.05, 0.1) is 23.0 Å². The average molecular weight is 339 g/mol. The van der Waals surface area contributed by atoms with Crippen LogP contribution in [0.15, 0.2) is 24.4 Å². The lowest BCUT2D eigenvalue weighted by Crippen LogP contribution is -2.17. The van der Waals surface area contributed by atoms with Gasteiger partial charge in [-0.3, -0.25) is 4.72 Å². The van der Waals surface area contributed by atoms with Gasteiger partial charge in [0.1, 0.15) is 0 Å². The zero-order valence-electron chi connectivity index (χ0n) is 13.0. The molecule has 0 atom stereocenters. The zero-order chi connectivity index (χ0) is 16.2. The molecule has 0 fully saturated rings. The predicted molar refractivity (Wildman–Crippen MR) is 93.1 cm³/mol. The molecule has 7 heteroatoms. The van der Waals surface area contributed by atoms with Crippen LogP contribution in [0, 0.1) is 13.8 Å². The van der Waals surface area contributed by atoms with Gasteiger partial charge in [-0.25, -0.2) is 13.4 Å². The first-order valence-corrected chi connectivity index (χ1v) is 9.63. The van der Waals surface area contributed by atoms with E-state index in [0.717, 1.165) is 21.1 Å². The summed E-state index contributed by atoms with van der Waals surface area (Å²) in [6, 6.07) is 5.57. The smallest absolute Gasteiger partial charge is 0.232 e. The first-order chi connectivity index (χ1) is 10.4. The van der Waals surface area contributed by atoms with Gasteiger partial charge in [0.25, 0.3) is 0 Å². The van der Waals surface area contributed by atoms with E-state index in [1.807, 2.05) is 39.1 Å². The van der Waals surface area contributed by atoms with Crippen LogP contribution in [0.5, 0.6) is 0 Å². The average Bonchev–Trinajstić information content (AvgIpc) is 2.85. The van der Waals surface area contributed by atoms with Crippen LogP contribution in [-0.4, -0.2) is 19.2 Å². The van der Waals surface area contributed by atoms with Crippen molar-refractivity contribution < 1.29 is 8.42 Å². The SMILES string of the molecule is CCCS(=O)(=O)Nc1cccc(NCc2cnc(C)s2)c1C. The molecule has 1 heterocycles. The van der Waals surface area contributed by atoms with Crippen molar-refractivity contribution in [2.45, 2.75) is 33.7 Å². The molecule has 0 aliphatic rings. The maximum atomic E-state index is 11.9. The van der Waals surface area contributed by atoms with Gasteiger partial charge >= 0.3 is 0 Å². The van der Waals surface area contributed by atoms with Gasteiger partial charge in [0.2, 0.25) is 10.0 Å². The lowest BCUT2D eigenvalue weighted by molar-refractivity contribution is 0.600. The van der Waals surface area contributed by atoms with Crippen molar-refractivity contribution >= 4 is 32.7 Å². The molecule has 2 rings (SSSR count). The Morgan fingerprint density at radius 1 is 1.23 bits per heavy atom. The van der Waals surface area contributed by atoms with Crippen LogP contribution in [0.25, 0.3) is 0 Å². The van der Waals surface area contributed by atoms with Crippen LogP contribution in [0.3, 0.4) is 0 Å². The maximum Gasteiger partial charge on any atom is 0.232 e. The van der Waals surface area contributed by atoms with Crippen molar-refractivity contribution in [3.8, 4) is 0 Å². The fourth-order valence-electron chi connectivity index (χ4n) is 2.09. The highest BCUT2D eigenvalue weighted by molar-refractivity contribution is 7.92. The summed E-state index contributed by atoms with van der Waals surface area (Å²) in [6.07, 6.45) is 2.45. The van der Waals surface area contributed by atoms with E-state index in [1.54, 1.807) is 17.4 Å². The molecule has 0 bridgehead atoms. The van der Waals surface area contributed by atoms with Gasteiger partial charge < -0.3 is 5.32 Å². The van der Waals surface area contributed by atoms with E-state index in [0.29, 0.717) is 18.7 Å². The number of hydrogen-bond acceptors (Lipinski definition) is 5. The Kier molecular flexibility index (Phi) is 5.42. The van der Waals surface area contributed by atoms with Gasteiger partial charge in [0.15, 0.2) is 0 Å². The van der Waals surface area contributed by atoms with Gasteiger partial charge in [-0.05, 0) is 38.0 Å². The molecule has 1 aromatic heterocycles. The summed E-state index contributed by atoms with van der Waals surface area (Å²) >= 11 is 1.65. The molecule has 22 heavy (non-hydrogen) atoms. The second-order valence-corrected chi connectivity index (χ2v) is 8.26. The van der Waals surface area contributed by atoms with E-state index in [2.05, 4.69) is 15.0 Å². The summed E-state index contributed by atoms with van der Waals surface area (Å²) < 4.78 is 26.5. The van der Waals surface area contributed by atoms with Crippen molar-refractivity contribution in [3.63, 3.8) is 0 Å². The molecule has 2 N–H and O–H groups in total. The van der Waals surface area contributed by atoms with Gasteiger partial charge in [-0.15, -0.1) is 11.3 Å². The Morgan fingerprint density at radius 3 is 2.59 bits per heavy atom. The summed E-state index contributed by atoms with van der Waals surface area (Å²) in [7, 11) is -3.27. The molecule has 5 nitrogen and oxygen atoms in total. The molecule has 0 aliphatic heterocycles. The van der Waals surface area contributed by atoms with Gasteiger partial charge in [0, 0.05) is 16.8 Å². The number of nitrogens with zero attached hydrogens (tertiary/aromatic N) is 1. The molecule has 0 amide bonds. The van der Waals surface area contributed by atoms with Crippen LogP contribution in [0.2, 0.25) is 0 Å². The number of nitrogens with one attached hydrogen (secondary N) is 2. The lowest BCUT2D eigenvalue weighted by atomic mass is 10.1. The third-order valence-electron chi connectivity index (χ3n) is 3.19. The third-order valence-corrected chi connectivity index (χ3v) is 5.58. The third kappa shape index (κ3) is 4.45. The summed E-state index contributed by atoms with van der Waals surface area (Å²) in [4.78, 5) is 5.37. The number of aryl methyl sites for hydroxylation is 1. The van der Waals surface area contributed by atoms with E-state index in [4.69, 9.17) is 0 Å². The zero-order valence-corrected chi connectivity index (χ0v) is 14.6. The van der Waals surface area contributed by atoms with E-state index >= 15 is 0 Å². The van der Waals surface area contributed by atoms with E-state index in [-0.39, 0.29) is 5.75 Å². The van der Waals surface area contributed by atoms with Crippen LogP contribution < -0.4 is 10.0 Å². The molecule has 0 saturated heterocycles. The van der Waals surface area contributed by atoms with Crippen molar-refractivity contribution in [2.24, 2.45) is 0 Å². The molecule has 1 aromatic carbocycles. The molecule has 120 valence electrons. The molecular formula is C15H21N3O2S2. The number of rotatable bonds is 7. The Morgan fingerprint density at radius 2 is 1.95 bits per heavy atom. The highest BCUT2D eigenvalue weighted by Gasteiger charge is 2.12. The standard InChI is InChI=1S/C15H21N3O2S2/c1-4-8-22(19,20)18-15-7-5-6-14(11(15)2)17-10-13-9-16-12(3)21-13/h5-7,9,17-18H,4,8,10H2,1-3H3. The summed E-state index contributed by atoms with van der Waals surface area (Å²) in [5.41, 5.74) is 2.44. The van der Waals surface area contributed by atoms with Gasteiger partial charge in [-0.2, -0.15) is 0 Å². The number of anilines is 2. The fourth-order valence-corrected chi connectivity index (χ4v) is 4.02. The van der Waals surface area contributed by atoms with Crippen molar-refractivity contribution in [3.05, 3.63) is 39.8 Å². The molecule has 0 saturated carbocycles. The predicted octanol–water partition coefficient (Wildman–Crippen LogP) is 3.52. The molecular weight excluding hydrogens is 318 g/mol. The highest BCUT2D eigenvalue weighted by Crippen LogP contribution is 2.25. The van der Waals surface area contributed by atoms with E-state index in [1.165, 1.54) is 0 Å². The molecule has 0 spiro atoms. The Balaban J connectivity index is 2.12. The fraction of sp³-hybridized carbons (Fsp3) is 0.400. The quantitative estimate of drug-likeness (QED) is 0.809. The minimum Gasteiger partial charge on any atom is -0.380 e. The Hall–Kier alpha value is -1.60. The highest BCUT2D eigenvalue weighted by atomic mass is 32.2. The molecule has 0 unspecified atom stereocenters. The molecule has 0 aliphatic carbocycles. The number of sulfonamides is 1. The van der Waals surface area contributed by atoms with Gasteiger partial charge in [-0.1, -0.05) is 13.0 Å². The topological polar surface area (TPSA) is 71.1 Å². The van der Waals surface area contributed by atoms with Crippen molar-refractivity contribution in [2.75, 3.05) is 15.8 Å². The van der Waals surface area contributed by atoms with Crippen LogP contribution in [-0.2, 0) is 16.6 Å².